The van der Waals surface area contributed by atoms with E-state index in [1.165, 1.54) is 0 Å². The van der Waals surface area contributed by atoms with Crippen molar-refractivity contribution < 1.29 is 19.7 Å². The summed E-state index contributed by atoms with van der Waals surface area (Å²) in [5, 5.41) is 23.7. The molecule has 0 radical (unpaired) electrons. The highest BCUT2D eigenvalue weighted by Crippen LogP contribution is 2.16. The summed E-state index contributed by atoms with van der Waals surface area (Å²) >= 11 is 0. The van der Waals surface area contributed by atoms with Gasteiger partial charge in [-0.1, -0.05) is 6.07 Å². The lowest BCUT2D eigenvalue weighted by molar-refractivity contribution is -0.115. The van der Waals surface area contributed by atoms with Crippen molar-refractivity contribution in [3.63, 3.8) is 0 Å². The lowest BCUT2D eigenvalue weighted by Crippen LogP contribution is -2.51. The van der Waals surface area contributed by atoms with Crippen molar-refractivity contribution in [3.8, 4) is 5.75 Å². The number of carbonyl (C=O) groups excluding carboxylic acids is 1. The molecule has 0 saturated heterocycles. The number of aliphatic hydroxyl groups excluding tert-OH is 2. The molecule has 0 aliphatic carbocycles. The average molecular weight is 268 g/mol. The fourth-order valence-corrected chi connectivity index (χ4v) is 1.36. The molecule has 6 heteroatoms. The standard InChI is InChI=1S/C13H20N2O4/c1-13(8-16,9-17)14-7-12(18)15-10-4-3-5-11(6-10)19-2/h3-6,14,16-17H,7-9H2,1-2H3,(H,15,18). The number of benzene rings is 1. The molecule has 19 heavy (non-hydrogen) atoms. The molecular weight excluding hydrogens is 248 g/mol. The van der Waals surface area contributed by atoms with Gasteiger partial charge >= 0.3 is 0 Å². The Labute approximate surface area is 112 Å². The van der Waals surface area contributed by atoms with Crippen LogP contribution in [0.15, 0.2) is 24.3 Å². The van der Waals surface area contributed by atoms with Gasteiger partial charge in [0, 0.05) is 11.8 Å². The van der Waals surface area contributed by atoms with Crippen molar-refractivity contribution in [2.24, 2.45) is 0 Å². The summed E-state index contributed by atoms with van der Waals surface area (Å²) in [7, 11) is 1.55. The van der Waals surface area contributed by atoms with E-state index in [2.05, 4.69) is 10.6 Å². The van der Waals surface area contributed by atoms with Gasteiger partial charge < -0.3 is 20.3 Å². The molecule has 0 spiro atoms. The summed E-state index contributed by atoms with van der Waals surface area (Å²) in [5.74, 6) is 0.391. The summed E-state index contributed by atoms with van der Waals surface area (Å²) < 4.78 is 5.05. The Balaban J connectivity index is 2.51. The fraction of sp³-hybridized carbons (Fsp3) is 0.462. The maximum Gasteiger partial charge on any atom is 0.238 e. The van der Waals surface area contributed by atoms with Crippen LogP contribution < -0.4 is 15.4 Å². The van der Waals surface area contributed by atoms with Gasteiger partial charge in [0.05, 0.1) is 32.4 Å². The third kappa shape index (κ3) is 4.86. The van der Waals surface area contributed by atoms with E-state index in [4.69, 9.17) is 14.9 Å². The van der Waals surface area contributed by atoms with Crippen molar-refractivity contribution >= 4 is 11.6 Å². The van der Waals surface area contributed by atoms with Crippen molar-refractivity contribution in [2.75, 3.05) is 32.2 Å². The number of anilines is 1. The lowest BCUT2D eigenvalue weighted by Gasteiger charge is -2.25. The van der Waals surface area contributed by atoms with Crippen LogP contribution in [0, 0.1) is 0 Å². The maximum atomic E-state index is 11.7. The molecule has 0 unspecified atom stereocenters. The van der Waals surface area contributed by atoms with Gasteiger partial charge in [-0.2, -0.15) is 0 Å². The lowest BCUT2D eigenvalue weighted by atomic mass is 10.1. The predicted octanol–water partition coefficient (Wildman–Crippen LogP) is -0.0334. The Hall–Kier alpha value is -1.63. The number of aliphatic hydroxyl groups is 2. The fourth-order valence-electron chi connectivity index (χ4n) is 1.36. The SMILES string of the molecule is COc1cccc(NC(=O)CNC(C)(CO)CO)c1. The van der Waals surface area contributed by atoms with Crippen LogP contribution in [0.5, 0.6) is 5.75 Å². The number of ether oxygens (including phenoxy) is 1. The first-order chi connectivity index (χ1) is 9.03. The maximum absolute atomic E-state index is 11.7. The smallest absolute Gasteiger partial charge is 0.238 e. The molecule has 0 saturated carbocycles. The second-order valence-corrected chi connectivity index (χ2v) is 4.51. The van der Waals surface area contributed by atoms with E-state index in [-0.39, 0.29) is 25.7 Å². The van der Waals surface area contributed by atoms with E-state index >= 15 is 0 Å². The van der Waals surface area contributed by atoms with Crippen LogP contribution in [0.3, 0.4) is 0 Å². The van der Waals surface area contributed by atoms with Crippen LogP contribution in [0.4, 0.5) is 5.69 Å². The summed E-state index contributed by atoms with van der Waals surface area (Å²) in [4.78, 5) is 11.7. The van der Waals surface area contributed by atoms with E-state index in [1.807, 2.05) is 0 Å². The van der Waals surface area contributed by atoms with Gasteiger partial charge in [-0.05, 0) is 19.1 Å². The van der Waals surface area contributed by atoms with E-state index in [0.29, 0.717) is 11.4 Å². The largest absolute Gasteiger partial charge is 0.497 e. The summed E-state index contributed by atoms with van der Waals surface area (Å²) in [6.07, 6.45) is 0. The molecule has 0 heterocycles. The van der Waals surface area contributed by atoms with Crippen molar-refractivity contribution in [2.45, 2.75) is 12.5 Å². The van der Waals surface area contributed by atoms with Crippen LogP contribution in [0.2, 0.25) is 0 Å². The zero-order valence-corrected chi connectivity index (χ0v) is 11.1. The minimum absolute atomic E-state index is 0.00513. The molecule has 1 rings (SSSR count). The monoisotopic (exact) mass is 268 g/mol. The average Bonchev–Trinajstić information content (AvgIpc) is 2.45. The van der Waals surface area contributed by atoms with Crippen molar-refractivity contribution in [3.05, 3.63) is 24.3 Å². The number of rotatable bonds is 7. The van der Waals surface area contributed by atoms with Gasteiger partial charge in [0.1, 0.15) is 5.75 Å². The number of methoxy groups -OCH3 is 1. The van der Waals surface area contributed by atoms with Crippen LogP contribution in [0.1, 0.15) is 6.92 Å². The quantitative estimate of drug-likeness (QED) is 0.557. The molecule has 6 nitrogen and oxygen atoms in total. The number of carbonyl (C=O) groups is 1. The van der Waals surface area contributed by atoms with Crippen LogP contribution in [0.25, 0.3) is 0 Å². The van der Waals surface area contributed by atoms with E-state index in [0.717, 1.165) is 0 Å². The van der Waals surface area contributed by atoms with Gasteiger partial charge in [-0.25, -0.2) is 0 Å². The Morgan fingerprint density at radius 3 is 2.63 bits per heavy atom. The Morgan fingerprint density at radius 2 is 2.05 bits per heavy atom. The zero-order chi connectivity index (χ0) is 14.3. The number of hydrogen-bond acceptors (Lipinski definition) is 5. The first kappa shape index (κ1) is 15.4. The molecule has 1 aromatic rings. The molecule has 0 fully saturated rings. The molecule has 0 aliphatic heterocycles. The predicted molar refractivity (Wildman–Crippen MR) is 72.2 cm³/mol. The second-order valence-electron chi connectivity index (χ2n) is 4.51. The van der Waals surface area contributed by atoms with Gasteiger partial charge in [0.2, 0.25) is 5.91 Å². The highest BCUT2D eigenvalue weighted by Gasteiger charge is 2.22. The first-order valence-electron chi connectivity index (χ1n) is 5.93. The Kier molecular flexibility index (Phi) is 5.75. The summed E-state index contributed by atoms with van der Waals surface area (Å²) in [5.41, 5.74) is -0.244. The summed E-state index contributed by atoms with van der Waals surface area (Å²) in [6, 6.07) is 7.00. The molecular formula is C13H20N2O4. The van der Waals surface area contributed by atoms with Gasteiger partial charge in [0.25, 0.3) is 0 Å². The van der Waals surface area contributed by atoms with Gasteiger partial charge in [0.15, 0.2) is 0 Å². The third-order valence-corrected chi connectivity index (χ3v) is 2.73. The number of amides is 1. The normalized spacial score (nSPS) is 11.2. The van der Waals surface area contributed by atoms with Gasteiger partial charge in [-0.3, -0.25) is 10.1 Å². The molecule has 0 aliphatic rings. The molecule has 4 N–H and O–H groups in total. The van der Waals surface area contributed by atoms with Crippen LogP contribution in [-0.2, 0) is 4.79 Å². The minimum Gasteiger partial charge on any atom is -0.497 e. The molecule has 0 atom stereocenters. The molecule has 0 aromatic heterocycles. The van der Waals surface area contributed by atoms with Gasteiger partial charge in [-0.15, -0.1) is 0 Å². The van der Waals surface area contributed by atoms with Crippen LogP contribution >= 0.6 is 0 Å². The molecule has 106 valence electrons. The first-order valence-corrected chi connectivity index (χ1v) is 5.93. The molecule has 1 aromatic carbocycles. The topological polar surface area (TPSA) is 90.8 Å². The number of nitrogens with one attached hydrogen (secondary N) is 2. The Bertz CT molecular complexity index is 419. The van der Waals surface area contributed by atoms with Crippen molar-refractivity contribution in [1.29, 1.82) is 0 Å². The Morgan fingerprint density at radius 1 is 1.37 bits per heavy atom. The zero-order valence-electron chi connectivity index (χ0n) is 11.1. The minimum atomic E-state index is -0.869. The second kappa shape index (κ2) is 7.08. The van der Waals surface area contributed by atoms with Crippen LogP contribution in [-0.4, -0.2) is 48.5 Å². The molecule has 1 amide bonds. The third-order valence-electron chi connectivity index (χ3n) is 2.73. The molecule has 0 bridgehead atoms. The van der Waals surface area contributed by atoms with E-state index in [9.17, 15) is 4.79 Å². The highest BCUT2D eigenvalue weighted by atomic mass is 16.5. The van der Waals surface area contributed by atoms with E-state index < -0.39 is 5.54 Å². The number of hydrogen-bond donors (Lipinski definition) is 4. The van der Waals surface area contributed by atoms with Crippen molar-refractivity contribution in [1.82, 2.24) is 5.32 Å². The summed E-state index contributed by atoms with van der Waals surface area (Å²) in [6.45, 7) is 1.12. The highest BCUT2D eigenvalue weighted by molar-refractivity contribution is 5.92. The van der Waals surface area contributed by atoms with E-state index in [1.54, 1.807) is 38.3 Å².